The van der Waals surface area contributed by atoms with Crippen LogP contribution in [0.15, 0.2) is 0 Å². The molecule has 12 nitrogen and oxygen atoms in total. The Labute approximate surface area is 150 Å². The molecule has 0 amide bonds. The lowest BCUT2D eigenvalue weighted by Gasteiger charge is -2.23. The minimum atomic E-state index is -1.23. The van der Waals surface area contributed by atoms with Crippen molar-refractivity contribution in [1.82, 2.24) is 9.80 Å². The number of carboxylic acids is 4. The fourth-order valence-corrected chi connectivity index (χ4v) is 1.48. The van der Waals surface area contributed by atoms with Gasteiger partial charge in [-0.15, -0.1) is 12.4 Å². The molecule has 0 aliphatic heterocycles. The van der Waals surface area contributed by atoms with Crippen LogP contribution < -0.4 is 11.5 Å². The van der Waals surface area contributed by atoms with E-state index in [2.05, 4.69) is 0 Å². The van der Waals surface area contributed by atoms with Gasteiger partial charge in [-0.1, -0.05) is 0 Å². The Balaban J connectivity index is -0.000000867. The Kier molecular flexibility index (Phi) is 18.8. The zero-order valence-electron chi connectivity index (χ0n) is 13.5. The third kappa shape index (κ3) is 22.0. The normalized spacial score (nSPS) is 9.76. The predicted octanol–water partition coefficient (Wildman–Crippen LogP) is -2.75. The summed E-state index contributed by atoms with van der Waals surface area (Å²) in [5.74, 6) is -4.91. The lowest BCUT2D eigenvalue weighted by molar-refractivity contribution is -0.145. The van der Waals surface area contributed by atoms with Crippen LogP contribution in [0.2, 0.25) is 0 Å². The second-order valence-corrected chi connectivity index (χ2v) is 4.57. The Morgan fingerprint density at radius 3 is 0.920 bits per heavy atom. The molecule has 25 heavy (non-hydrogen) atoms. The van der Waals surface area contributed by atoms with E-state index in [-0.39, 0.29) is 25.5 Å². The number of nitrogens with zero attached hydrogens (tertiary/aromatic N) is 2. The van der Waals surface area contributed by atoms with Crippen LogP contribution in [0.25, 0.3) is 0 Å². The molecule has 0 heterocycles. The van der Waals surface area contributed by atoms with E-state index in [4.69, 9.17) is 31.9 Å². The molecule has 148 valence electrons. The van der Waals surface area contributed by atoms with Gasteiger partial charge in [0, 0.05) is 26.2 Å². The molecule has 0 aliphatic rings. The lowest BCUT2D eigenvalue weighted by Crippen LogP contribution is -2.43. The van der Waals surface area contributed by atoms with E-state index in [0.717, 1.165) is 9.80 Å². The summed E-state index contributed by atoms with van der Waals surface area (Å²) >= 11 is 0. The number of hydrogen-bond acceptors (Lipinski definition) is 8. The van der Waals surface area contributed by atoms with Gasteiger partial charge in [0.15, 0.2) is 0 Å². The number of aliphatic carboxylic acids is 4. The molecule has 0 aromatic heterocycles. The summed E-state index contributed by atoms with van der Waals surface area (Å²) < 4.78 is 0. The summed E-state index contributed by atoms with van der Waals surface area (Å²) in [5.41, 5.74) is 9.81. The van der Waals surface area contributed by atoms with Gasteiger partial charge >= 0.3 is 23.9 Å². The second kappa shape index (κ2) is 16.9. The number of rotatable bonds is 12. The van der Waals surface area contributed by atoms with Crippen molar-refractivity contribution in [2.75, 3.05) is 52.4 Å². The van der Waals surface area contributed by atoms with Crippen molar-refractivity contribution in [3.8, 4) is 0 Å². The van der Waals surface area contributed by atoms with Crippen molar-refractivity contribution in [3.05, 3.63) is 0 Å². The third-order valence-corrected chi connectivity index (χ3v) is 2.33. The highest BCUT2D eigenvalue weighted by molar-refractivity contribution is 5.85. The average molecular weight is 389 g/mol. The molecule has 8 N–H and O–H groups in total. The average Bonchev–Trinajstić information content (AvgIpc) is 2.42. The van der Waals surface area contributed by atoms with Crippen LogP contribution in [-0.2, 0) is 19.2 Å². The maximum atomic E-state index is 10.6. The smallest absolute Gasteiger partial charge is 0.317 e. The quantitative estimate of drug-likeness (QED) is 0.201. The Morgan fingerprint density at radius 2 is 0.800 bits per heavy atom. The van der Waals surface area contributed by atoms with E-state index in [0.29, 0.717) is 13.1 Å². The van der Waals surface area contributed by atoms with Gasteiger partial charge in [-0.25, -0.2) is 0 Å². The Hall–Kier alpha value is -1.99. The van der Waals surface area contributed by atoms with Gasteiger partial charge in [-0.3, -0.25) is 29.0 Å². The van der Waals surface area contributed by atoms with Crippen LogP contribution in [0.4, 0.5) is 0 Å². The van der Waals surface area contributed by atoms with E-state index in [1.807, 2.05) is 0 Å². The van der Waals surface area contributed by atoms with E-state index in [9.17, 15) is 19.2 Å². The van der Waals surface area contributed by atoms with E-state index in [1.165, 1.54) is 0 Å². The highest BCUT2D eigenvalue weighted by Crippen LogP contribution is 1.94. The molecule has 0 saturated heterocycles. The maximum absolute atomic E-state index is 10.6. The lowest BCUT2D eigenvalue weighted by atomic mass is 10.4. The molecule has 0 aromatic rings. The molecule has 0 aliphatic carbocycles. The first kappa shape index (κ1) is 27.8. The molecule has 13 heteroatoms. The van der Waals surface area contributed by atoms with Crippen LogP contribution in [0.5, 0.6) is 0 Å². The largest absolute Gasteiger partial charge is 0.480 e. The highest BCUT2D eigenvalue weighted by atomic mass is 35.5. The second-order valence-electron chi connectivity index (χ2n) is 4.57. The van der Waals surface area contributed by atoms with Crippen molar-refractivity contribution in [1.29, 1.82) is 0 Å². The van der Waals surface area contributed by atoms with Crippen molar-refractivity contribution < 1.29 is 39.6 Å². The molecular formula is C12H25ClN4O8. The van der Waals surface area contributed by atoms with Gasteiger partial charge in [0.25, 0.3) is 0 Å². The van der Waals surface area contributed by atoms with Gasteiger partial charge in [-0.05, 0) is 0 Å². The van der Waals surface area contributed by atoms with E-state index < -0.39 is 50.1 Å². The first-order valence-corrected chi connectivity index (χ1v) is 6.84. The molecule has 0 rings (SSSR count). The predicted molar refractivity (Wildman–Crippen MR) is 88.8 cm³/mol. The van der Waals surface area contributed by atoms with Gasteiger partial charge in [-0.2, -0.15) is 0 Å². The van der Waals surface area contributed by atoms with Crippen molar-refractivity contribution >= 4 is 36.3 Å². The molecular weight excluding hydrogens is 364 g/mol. The first-order valence-electron chi connectivity index (χ1n) is 6.84. The minimum Gasteiger partial charge on any atom is -0.480 e. The molecule has 0 radical (unpaired) electrons. The summed E-state index contributed by atoms with van der Waals surface area (Å²) in [5, 5.41) is 34.5. The van der Waals surface area contributed by atoms with Crippen molar-refractivity contribution in [3.63, 3.8) is 0 Å². The molecule has 0 fully saturated rings. The number of halogens is 1. The molecule has 0 saturated carbocycles. The first-order chi connectivity index (χ1) is 11.1. The number of hydrogen-bond donors (Lipinski definition) is 6. The van der Waals surface area contributed by atoms with Crippen LogP contribution in [-0.4, -0.2) is 106 Å². The molecule has 0 aromatic carbocycles. The van der Waals surface area contributed by atoms with Crippen molar-refractivity contribution in [2.45, 2.75) is 0 Å². The zero-order valence-corrected chi connectivity index (χ0v) is 14.4. The van der Waals surface area contributed by atoms with E-state index in [1.54, 1.807) is 0 Å². The van der Waals surface area contributed by atoms with Crippen molar-refractivity contribution in [2.24, 2.45) is 11.5 Å². The summed E-state index contributed by atoms with van der Waals surface area (Å²) in [4.78, 5) is 44.4. The van der Waals surface area contributed by atoms with Gasteiger partial charge in [0.05, 0.1) is 26.2 Å². The Bertz CT molecular complexity index is 354. The van der Waals surface area contributed by atoms with Gasteiger partial charge < -0.3 is 31.9 Å². The summed E-state index contributed by atoms with van der Waals surface area (Å²) in [6, 6.07) is 0. The number of nitrogens with two attached hydrogens (primary N) is 2. The standard InChI is InChI=1S/C10H16N2O8.C2H8N2.ClH/c13-7(14)3-11(4-8(15)16)1-2-12(5-9(17)18)6-10(19)20;3-1-2-4;/h1-6H2,(H,13,14)(H,15,16)(H,17,18)(H,19,20);1-4H2;1H. The number of carboxylic acid groups (broad SMARTS) is 4. The fraction of sp³-hybridized carbons (Fsp3) is 0.667. The monoisotopic (exact) mass is 388 g/mol. The zero-order chi connectivity index (χ0) is 19.1. The third-order valence-electron chi connectivity index (χ3n) is 2.33. The van der Waals surface area contributed by atoms with Crippen LogP contribution in [0.3, 0.4) is 0 Å². The van der Waals surface area contributed by atoms with Crippen LogP contribution in [0.1, 0.15) is 0 Å². The minimum absolute atomic E-state index is 0. The van der Waals surface area contributed by atoms with Gasteiger partial charge in [0.1, 0.15) is 0 Å². The SMILES string of the molecule is Cl.NCCN.O=C(O)CN(CCN(CC(=O)O)CC(=O)O)CC(=O)O. The fourth-order valence-electron chi connectivity index (χ4n) is 1.48. The topological polar surface area (TPSA) is 208 Å². The number of carbonyl (C=O) groups is 4. The Morgan fingerprint density at radius 1 is 0.600 bits per heavy atom. The molecule has 0 unspecified atom stereocenters. The van der Waals surface area contributed by atoms with Crippen LogP contribution in [0, 0.1) is 0 Å². The molecule has 0 spiro atoms. The summed E-state index contributed by atoms with van der Waals surface area (Å²) in [6.07, 6.45) is 0. The summed E-state index contributed by atoms with van der Waals surface area (Å²) in [6.45, 7) is -1.06. The van der Waals surface area contributed by atoms with Crippen LogP contribution >= 0.6 is 12.4 Å². The van der Waals surface area contributed by atoms with E-state index >= 15 is 0 Å². The maximum Gasteiger partial charge on any atom is 0.317 e. The highest BCUT2D eigenvalue weighted by Gasteiger charge is 2.17. The molecule has 0 atom stereocenters. The van der Waals surface area contributed by atoms with Gasteiger partial charge in [0.2, 0.25) is 0 Å². The summed E-state index contributed by atoms with van der Waals surface area (Å²) in [7, 11) is 0. The molecule has 0 bridgehead atoms.